The van der Waals surface area contributed by atoms with Crippen molar-refractivity contribution < 1.29 is 0 Å². The van der Waals surface area contributed by atoms with Crippen molar-refractivity contribution in [3.63, 3.8) is 0 Å². The largest absolute Gasteiger partial charge is 0.309 e. The van der Waals surface area contributed by atoms with Crippen molar-refractivity contribution in [2.75, 3.05) is 4.90 Å². The number of rotatable bonds is 5. The van der Waals surface area contributed by atoms with Crippen LogP contribution < -0.4 is 4.90 Å². The third kappa shape index (κ3) is 4.25. The van der Waals surface area contributed by atoms with Gasteiger partial charge < -0.3 is 14.0 Å². The summed E-state index contributed by atoms with van der Waals surface area (Å²) in [5, 5.41) is 7.57. The zero-order valence-electron chi connectivity index (χ0n) is 28.1. The van der Waals surface area contributed by atoms with Crippen molar-refractivity contribution in [2.24, 2.45) is 0 Å². The summed E-state index contributed by atoms with van der Waals surface area (Å²) in [6.07, 6.45) is 0. The molecule has 8 aromatic carbocycles. The number of fused-ring (bicyclic) bond motifs is 9. The van der Waals surface area contributed by atoms with Gasteiger partial charge in [-0.3, -0.25) is 0 Å². The molecule has 0 aliphatic carbocycles. The molecule has 11 rings (SSSR count). The van der Waals surface area contributed by atoms with E-state index in [9.17, 15) is 0 Å². The molecule has 0 radical (unpaired) electrons. The lowest BCUT2D eigenvalue weighted by molar-refractivity contribution is 1.17. The third-order valence-corrected chi connectivity index (χ3v) is 11.7. The number of para-hydroxylation sites is 4. The van der Waals surface area contributed by atoms with E-state index in [-0.39, 0.29) is 0 Å². The van der Waals surface area contributed by atoms with Crippen LogP contribution in [-0.2, 0) is 0 Å². The van der Waals surface area contributed by atoms with Gasteiger partial charge in [0.1, 0.15) is 0 Å². The number of aromatic nitrogens is 2. The van der Waals surface area contributed by atoms with E-state index < -0.39 is 0 Å². The Morgan fingerprint density at radius 2 is 0.846 bits per heavy atom. The molecular weight excluding hydrogens is 651 g/mol. The summed E-state index contributed by atoms with van der Waals surface area (Å²) in [6.45, 7) is 0. The standard InChI is InChI=1S/C48H31N3S/c1-2-14-32(15-3-1)50-42-23-10-6-19-39(42)47-43(50)24-13-25-44(47)51(45-26-12-20-38-37-18-7-11-27-46(37)52-48(38)45)34-30-28-33(29-31-34)49-40-21-8-4-16-35(40)36-17-5-9-22-41(36)49/h1-31H. The molecule has 0 saturated carbocycles. The van der Waals surface area contributed by atoms with E-state index in [1.165, 1.54) is 69.5 Å². The van der Waals surface area contributed by atoms with Crippen molar-refractivity contribution in [3.8, 4) is 11.4 Å². The molecule has 3 heterocycles. The number of thiophene rings is 1. The zero-order valence-corrected chi connectivity index (χ0v) is 29.0. The highest BCUT2D eigenvalue weighted by Gasteiger charge is 2.23. The lowest BCUT2D eigenvalue weighted by atomic mass is 10.1. The van der Waals surface area contributed by atoms with Gasteiger partial charge in [0, 0.05) is 54.1 Å². The highest BCUT2D eigenvalue weighted by molar-refractivity contribution is 7.26. The normalized spacial score (nSPS) is 11.8. The zero-order chi connectivity index (χ0) is 34.2. The molecule has 0 aliphatic rings. The maximum absolute atomic E-state index is 2.48. The predicted molar refractivity (Wildman–Crippen MR) is 223 cm³/mol. The Balaban J connectivity index is 1.19. The Hall–Kier alpha value is -6.62. The second-order valence-corrected chi connectivity index (χ2v) is 14.4. The fourth-order valence-corrected chi connectivity index (χ4v) is 9.52. The molecule has 0 amide bonds. The van der Waals surface area contributed by atoms with Crippen LogP contribution in [0.4, 0.5) is 17.1 Å². The Bertz CT molecular complexity index is 3080. The quantitative estimate of drug-likeness (QED) is 0.176. The van der Waals surface area contributed by atoms with Crippen molar-refractivity contribution in [1.82, 2.24) is 9.13 Å². The highest BCUT2D eigenvalue weighted by Crippen LogP contribution is 2.48. The summed E-state index contributed by atoms with van der Waals surface area (Å²) in [5.74, 6) is 0. The Morgan fingerprint density at radius 3 is 1.58 bits per heavy atom. The third-order valence-electron chi connectivity index (χ3n) is 10.5. The Morgan fingerprint density at radius 1 is 0.346 bits per heavy atom. The van der Waals surface area contributed by atoms with E-state index in [2.05, 4.69) is 202 Å². The van der Waals surface area contributed by atoms with Crippen molar-refractivity contribution >= 4 is 92.2 Å². The van der Waals surface area contributed by atoms with Crippen molar-refractivity contribution in [2.45, 2.75) is 0 Å². The number of hydrogen-bond donors (Lipinski definition) is 0. The van der Waals surface area contributed by atoms with E-state index in [1.807, 2.05) is 11.3 Å². The van der Waals surface area contributed by atoms with Gasteiger partial charge in [0.25, 0.3) is 0 Å². The minimum Gasteiger partial charge on any atom is -0.309 e. The van der Waals surface area contributed by atoms with Crippen molar-refractivity contribution in [1.29, 1.82) is 0 Å². The van der Waals surface area contributed by atoms with Crippen LogP contribution in [0.25, 0.3) is 75.2 Å². The first kappa shape index (κ1) is 29.1. The summed E-state index contributed by atoms with van der Waals surface area (Å²) < 4.78 is 7.36. The van der Waals surface area contributed by atoms with Gasteiger partial charge in [-0.05, 0) is 78.9 Å². The fourth-order valence-electron chi connectivity index (χ4n) is 8.31. The molecule has 0 saturated heterocycles. The van der Waals surface area contributed by atoms with Gasteiger partial charge in [0.15, 0.2) is 0 Å². The van der Waals surface area contributed by atoms with Crippen LogP contribution in [0.2, 0.25) is 0 Å². The van der Waals surface area contributed by atoms with Gasteiger partial charge >= 0.3 is 0 Å². The lowest BCUT2D eigenvalue weighted by Crippen LogP contribution is -2.11. The predicted octanol–water partition coefficient (Wildman–Crippen LogP) is 13.7. The molecule has 0 fully saturated rings. The minimum atomic E-state index is 1.11. The molecule has 0 aliphatic heterocycles. The molecular formula is C48H31N3S. The first-order valence-corrected chi connectivity index (χ1v) is 18.5. The number of nitrogens with zero attached hydrogens (tertiary/aromatic N) is 3. The SMILES string of the molecule is c1ccc(-n2c3ccccc3c3c(N(c4ccc(-n5c6ccccc6c6ccccc65)cc4)c4cccc5c4sc4ccccc45)cccc32)cc1. The lowest BCUT2D eigenvalue weighted by Gasteiger charge is -2.27. The van der Waals surface area contributed by atoms with Crippen LogP contribution in [0.1, 0.15) is 0 Å². The molecule has 3 aromatic heterocycles. The van der Waals surface area contributed by atoms with E-state index in [0.717, 1.165) is 22.7 Å². The smallest absolute Gasteiger partial charge is 0.0640 e. The Kier molecular flexibility index (Phi) is 6.42. The van der Waals surface area contributed by atoms with Crippen molar-refractivity contribution in [3.05, 3.63) is 188 Å². The van der Waals surface area contributed by atoms with Gasteiger partial charge in [-0.1, -0.05) is 109 Å². The number of anilines is 3. The van der Waals surface area contributed by atoms with E-state index in [1.54, 1.807) is 0 Å². The molecule has 0 atom stereocenters. The summed E-state index contributed by atoms with van der Waals surface area (Å²) in [6, 6.07) is 68.4. The molecule has 0 bridgehead atoms. The average Bonchev–Trinajstić information content (AvgIpc) is 3.87. The molecule has 0 N–H and O–H groups in total. The summed E-state index contributed by atoms with van der Waals surface area (Å²) in [4.78, 5) is 2.48. The van der Waals surface area contributed by atoms with Crippen LogP contribution in [0, 0.1) is 0 Å². The monoisotopic (exact) mass is 681 g/mol. The molecule has 3 nitrogen and oxygen atoms in total. The van der Waals surface area contributed by atoms with Gasteiger partial charge in [-0.15, -0.1) is 11.3 Å². The molecule has 0 unspecified atom stereocenters. The Labute approximate surface area is 304 Å². The molecule has 11 aromatic rings. The van der Waals surface area contributed by atoms with Crippen LogP contribution in [-0.4, -0.2) is 9.13 Å². The maximum atomic E-state index is 2.48. The first-order chi connectivity index (χ1) is 25.8. The minimum absolute atomic E-state index is 1.11. The topological polar surface area (TPSA) is 13.1 Å². The molecule has 244 valence electrons. The van der Waals surface area contributed by atoms with Crippen LogP contribution in [0.5, 0.6) is 0 Å². The van der Waals surface area contributed by atoms with Crippen LogP contribution in [0.3, 0.4) is 0 Å². The van der Waals surface area contributed by atoms with Crippen LogP contribution >= 0.6 is 11.3 Å². The number of benzene rings is 8. The van der Waals surface area contributed by atoms with Gasteiger partial charge in [0.2, 0.25) is 0 Å². The summed E-state index contributed by atoms with van der Waals surface area (Å²) in [5.41, 5.74) is 10.5. The molecule has 4 heteroatoms. The van der Waals surface area contributed by atoms with E-state index >= 15 is 0 Å². The fraction of sp³-hybridized carbons (Fsp3) is 0. The van der Waals surface area contributed by atoms with Crippen LogP contribution in [0.15, 0.2) is 188 Å². The molecule has 52 heavy (non-hydrogen) atoms. The maximum Gasteiger partial charge on any atom is 0.0640 e. The van der Waals surface area contributed by atoms with Gasteiger partial charge in [0.05, 0.1) is 38.1 Å². The highest BCUT2D eigenvalue weighted by atomic mass is 32.1. The van der Waals surface area contributed by atoms with Gasteiger partial charge in [-0.25, -0.2) is 0 Å². The summed E-state index contributed by atoms with van der Waals surface area (Å²) in [7, 11) is 0. The second kappa shape index (κ2) is 11.5. The van der Waals surface area contributed by atoms with E-state index in [0.29, 0.717) is 0 Å². The van der Waals surface area contributed by atoms with Gasteiger partial charge in [-0.2, -0.15) is 0 Å². The first-order valence-electron chi connectivity index (χ1n) is 17.7. The number of hydrogen-bond acceptors (Lipinski definition) is 2. The average molecular weight is 682 g/mol. The van der Waals surface area contributed by atoms with E-state index in [4.69, 9.17) is 0 Å². The molecule has 0 spiro atoms. The summed E-state index contributed by atoms with van der Waals surface area (Å²) >= 11 is 1.87. The second-order valence-electron chi connectivity index (χ2n) is 13.3.